The fourth-order valence-electron chi connectivity index (χ4n) is 3.23. The Hall–Kier alpha value is -0.963. The zero-order valence-corrected chi connectivity index (χ0v) is 14.2. The summed E-state index contributed by atoms with van der Waals surface area (Å²) >= 11 is 0. The molecule has 0 bridgehead atoms. The number of allylic oxidation sites excluding steroid dienone is 1. The molecule has 0 spiro atoms. The van der Waals surface area contributed by atoms with E-state index in [-0.39, 0.29) is 0 Å². The van der Waals surface area contributed by atoms with Gasteiger partial charge in [-0.2, -0.15) is 0 Å². The second kappa shape index (κ2) is 6.46. The molecule has 0 aliphatic carbocycles. The molecule has 19 heavy (non-hydrogen) atoms. The second-order valence-corrected chi connectivity index (χ2v) is 11.5. The third-order valence-electron chi connectivity index (χ3n) is 4.05. The van der Waals surface area contributed by atoms with Crippen LogP contribution in [0.2, 0.25) is 16.6 Å². The molecule has 0 unspecified atom stereocenters. The zero-order valence-electron chi connectivity index (χ0n) is 13.2. The van der Waals surface area contributed by atoms with Crippen molar-refractivity contribution in [3.8, 4) is 5.95 Å². The Balaban J connectivity index is 3.13. The summed E-state index contributed by atoms with van der Waals surface area (Å²) in [5.41, 5.74) is 2.76. The molecule has 108 valence electrons. The van der Waals surface area contributed by atoms with E-state index in [0.29, 0.717) is 22.6 Å². The van der Waals surface area contributed by atoms with Crippen LogP contribution in [-0.2, 0) is 6.42 Å². The van der Waals surface area contributed by atoms with Gasteiger partial charge in [-0.25, -0.2) is 0 Å². The van der Waals surface area contributed by atoms with Gasteiger partial charge in [0.1, 0.15) is 0 Å². The molecule has 0 aliphatic heterocycles. The lowest BCUT2D eigenvalue weighted by Crippen LogP contribution is -2.50. The summed E-state index contributed by atoms with van der Waals surface area (Å²) in [6.45, 7) is 17.5. The van der Waals surface area contributed by atoms with E-state index in [1.165, 1.54) is 0 Å². The SMILES string of the molecule is C=CCc1ccoc1O[Si](C(C)C)(C(C)C)C(C)C. The van der Waals surface area contributed by atoms with Crippen molar-refractivity contribution in [3.63, 3.8) is 0 Å². The molecule has 0 N–H and O–H groups in total. The lowest BCUT2D eigenvalue weighted by molar-refractivity contribution is 0.355. The first-order valence-electron chi connectivity index (χ1n) is 7.22. The van der Waals surface area contributed by atoms with Gasteiger partial charge in [-0.3, -0.25) is 0 Å². The summed E-state index contributed by atoms with van der Waals surface area (Å²) in [5.74, 6) is 0.711. The fourth-order valence-corrected chi connectivity index (χ4v) is 8.44. The summed E-state index contributed by atoms with van der Waals surface area (Å²) in [7, 11) is -1.92. The van der Waals surface area contributed by atoms with Crippen molar-refractivity contribution in [3.05, 3.63) is 30.5 Å². The van der Waals surface area contributed by atoms with Crippen LogP contribution in [0.15, 0.2) is 29.4 Å². The van der Waals surface area contributed by atoms with Gasteiger partial charge >= 0.3 is 0 Å². The van der Waals surface area contributed by atoms with Gasteiger partial charge in [0.2, 0.25) is 0 Å². The topological polar surface area (TPSA) is 22.4 Å². The quantitative estimate of drug-likeness (QED) is 0.482. The average Bonchev–Trinajstić information content (AvgIpc) is 2.72. The van der Waals surface area contributed by atoms with Crippen molar-refractivity contribution in [2.75, 3.05) is 0 Å². The van der Waals surface area contributed by atoms with E-state index in [0.717, 1.165) is 12.0 Å². The Morgan fingerprint density at radius 1 is 1.16 bits per heavy atom. The second-order valence-electron chi connectivity index (χ2n) is 6.15. The number of hydrogen-bond donors (Lipinski definition) is 0. The minimum absolute atomic E-state index is 0.550. The maximum Gasteiger partial charge on any atom is 0.274 e. The van der Waals surface area contributed by atoms with Crippen LogP contribution in [0.5, 0.6) is 5.95 Å². The molecule has 2 nitrogen and oxygen atoms in total. The van der Waals surface area contributed by atoms with E-state index >= 15 is 0 Å². The molecule has 0 radical (unpaired) electrons. The van der Waals surface area contributed by atoms with Crippen LogP contribution < -0.4 is 4.43 Å². The number of rotatable bonds is 7. The lowest BCUT2D eigenvalue weighted by Gasteiger charge is -2.41. The van der Waals surface area contributed by atoms with Gasteiger partial charge in [-0.05, 0) is 29.1 Å². The Bertz CT molecular complexity index is 383. The van der Waals surface area contributed by atoms with Crippen LogP contribution in [0.1, 0.15) is 47.1 Å². The minimum Gasteiger partial charge on any atom is -0.518 e. The van der Waals surface area contributed by atoms with Crippen molar-refractivity contribution >= 4 is 8.32 Å². The molecule has 0 amide bonds. The minimum atomic E-state index is -1.92. The molecule has 0 atom stereocenters. The monoisotopic (exact) mass is 280 g/mol. The van der Waals surface area contributed by atoms with E-state index in [9.17, 15) is 0 Å². The highest BCUT2D eigenvalue weighted by Crippen LogP contribution is 2.43. The average molecular weight is 280 g/mol. The van der Waals surface area contributed by atoms with Gasteiger partial charge in [0, 0.05) is 5.56 Å². The molecule has 0 saturated heterocycles. The molecule has 0 aliphatic rings. The summed E-state index contributed by atoms with van der Waals surface area (Å²) in [5, 5.41) is 0. The van der Waals surface area contributed by atoms with Crippen LogP contribution in [0.4, 0.5) is 0 Å². The van der Waals surface area contributed by atoms with E-state index in [4.69, 9.17) is 8.84 Å². The normalized spacial score (nSPS) is 12.5. The number of hydrogen-bond acceptors (Lipinski definition) is 2. The summed E-state index contributed by atoms with van der Waals surface area (Å²) in [6.07, 6.45) is 4.40. The van der Waals surface area contributed by atoms with Crippen LogP contribution in [0.3, 0.4) is 0 Å². The van der Waals surface area contributed by atoms with Crippen LogP contribution in [-0.4, -0.2) is 8.32 Å². The van der Waals surface area contributed by atoms with Gasteiger partial charge in [0.15, 0.2) is 0 Å². The molecule has 0 fully saturated rings. The summed E-state index contributed by atoms with van der Waals surface area (Å²) in [6, 6.07) is 1.98. The van der Waals surface area contributed by atoms with Crippen molar-refractivity contribution in [1.82, 2.24) is 0 Å². The van der Waals surface area contributed by atoms with E-state index in [1.807, 2.05) is 12.1 Å². The fraction of sp³-hybridized carbons (Fsp3) is 0.625. The van der Waals surface area contributed by atoms with Gasteiger partial charge in [-0.15, -0.1) is 6.58 Å². The Morgan fingerprint density at radius 3 is 2.11 bits per heavy atom. The molecule has 0 aromatic carbocycles. The third-order valence-corrected chi connectivity index (χ3v) is 10.0. The Kier molecular flexibility index (Phi) is 5.47. The Morgan fingerprint density at radius 2 is 1.68 bits per heavy atom. The molecule has 1 aromatic heterocycles. The van der Waals surface area contributed by atoms with Gasteiger partial charge in [-0.1, -0.05) is 47.6 Å². The predicted molar refractivity (Wildman–Crippen MR) is 84.3 cm³/mol. The molecule has 1 heterocycles. The van der Waals surface area contributed by atoms with Gasteiger partial charge in [0.05, 0.1) is 6.26 Å². The predicted octanol–water partition coefficient (Wildman–Crippen LogP) is 5.56. The maximum atomic E-state index is 6.53. The van der Waals surface area contributed by atoms with Crippen molar-refractivity contribution in [1.29, 1.82) is 0 Å². The highest BCUT2D eigenvalue weighted by Gasteiger charge is 2.47. The van der Waals surface area contributed by atoms with Crippen LogP contribution >= 0.6 is 0 Å². The van der Waals surface area contributed by atoms with Crippen molar-refractivity contribution < 1.29 is 8.84 Å². The van der Waals surface area contributed by atoms with Gasteiger partial charge in [0.25, 0.3) is 14.3 Å². The van der Waals surface area contributed by atoms with E-state index in [1.54, 1.807) is 6.26 Å². The maximum absolute atomic E-state index is 6.53. The third kappa shape index (κ3) is 3.14. The zero-order chi connectivity index (χ0) is 14.6. The number of furan rings is 1. The molecule has 0 saturated carbocycles. The highest BCUT2D eigenvalue weighted by molar-refractivity contribution is 6.78. The molecular weight excluding hydrogens is 252 g/mol. The largest absolute Gasteiger partial charge is 0.518 e. The van der Waals surface area contributed by atoms with E-state index < -0.39 is 8.32 Å². The lowest BCUT2D eigenvalue weighted by atomic mass is 10.2. The molecular formula is C16H28O2Si. The van der Waals surface area contributed by atoms with Crippen LogP contribution in [0.25, 0.3) is 0 Å². The first-order valence-corrected chi connectivity index (χ1v) is 9.36. The Labute approximate surface area is 119 Å². The van der Waals surface area contributed by atoms with Crippen molar-refractivity contribution in [2.45, 2.75) is 64.6 Å². The van der Waals surface area contributed by atoms with Crippen LogP contribution in [0, 0.1) is 0 Å². The summed E-state index contributed by atoms with van der Waals surface area (Å²) in [4.78, 5) is 0. The first-order chi connectivity index (χ1) is 8.86. The molecule has 1 aromatic rings. The van der Waals surface area contributed by atoms with E-state index in [2.05, 4.69) is 48.1 Å². The smallest absolute Gasteiger partial charge is 0.274 e. The summed E-state index contributed by atoms with van der Waals surface area (Å²) < 4.78 is 12.1. The van der Waals surface area contributed by atoms with Gasteiger partial charge < -0.3 is 8.84 Å². The molecule has 3 heteroatoms. The van der Waals surface area contributed by atoms with Crippen molar-refractivity contribution in [2.24, 2.45) is 0 Å². The molecule has 1 rings (SSSR count). The highest BCUT2D eigenvalue weighted by atomic mass is 28.4. The standard InChI is InChI=1S/C16H28O2Si/c1-8-9-15-10-11-17-16(15)18-19(12(2)3,13(4)5)14(6)7/h8,10-14H,1,9H2,2-7H3. The first kappa shape index (κ1) is 16.1.